The lowest BCUT2D eigenvalue weighted by Gasteiger charge is -2.24. The Kier molecular flexibility index (Phi) is 5.96. The molecule has 1 amide bonds. The number of benzene rings is 2. The van der Waals surface area contributed by atoms with Crippen LogP contribution in [0.2, 0.25) is 0 Å². The van der Waals surface area contributed by atoms with E-state index in [4.69, 9.17) is 0 Å². The van der Waals surface area contributed by atoms with Crippen LogP contribution in [0.25, 0.3) is 10.8 Å². The minimum absolute atomic E-state index is 0.0301. The van der Waals surface area contributed by atoms with E-state index in [1.54, 1.807) is 0 Å². The maximum absolute atomic E-state index is 12.3. The van der Waals surface area contributed by atoms with Crippen LogP contribution in [0.15, 0.2) is 42.5 Å². The third-order valence-electron chi connectivity index (χ3n) is 4.29. The van der Waals surface area contributed by atoms with Gasteiger partial charge in [-0.3, -0.25) is 9.69 Å². The molecule has 3 heteroatoms. The number of amides is 1. The highest BCUT2D eigenvalue weighted by atomic mass is 16.2. The number of nitrogens with zero attached hydrogens (tertiary/aromatic N) is 1. The molecule has 2 aromatic rings. The topological polar surface area (TPSA) is 32.3 Å². The van der Waals surface area contributed by atoms with Gasteiger partial charge < -0.3 is 5.32 Å². The number of carbonyl (C=O) groups is 1. The summed E-state index contributed by atoms with van der Waals surface area (Å²) in [6.45, 7) is 5.70. The van der Waals surface area contributed by atoms with Gasteiger partial charge in [0.2, 0.25) is 5.91 Å². The second kappa shape index (κ2) is 7.95. The summed E-state index contributed by atoms with van der Waals surface area (Å²) in [6.07, 6.45) is 1.70. The highest BCUT2D eigenvalue weighted by Crippen LogP contribution is 2.18. The third kappa shape index (κ3) is 3.86. The van der Waals surface area contributed by atoms with Gasteiger partial charge in [0.1, 0.15) is 0 Å². The molecule has 3 nitrogen and oxygen atoms in total. The summed E-state index contributed by atoms with van der Waals surface area (Å²) in [6, 6.07) is 14.7. The maximum Gasteiger partial charge on any atom is 0.237 e. The Bertz CT molecular complexity index is 618. The minimum Gasteiger partial charge on any atom is -0.354 e. The average molecular weight is 298 g/mol. The molecule has 22 heavy (non-hydrogen) atoms. The lowest BCUT2D eigenvalue weighted by molar-refractivity contribution is -0.126. The normalized spacial score (nSPS) is 12.5. The zero-order chi connectivity index (χ0) is 15.9. The van der Waals surface area contributed by atoms with E-state index in [0.717, 1.165) is 19.4 Å². The van der Waals surface area contributed by atoms with Gasteiger partial charge in [-0.1, -0.05) is 56.3 Å². The van der Waals surface area contributed by atoms with E-state index in [1.165, 1.54) is 16.3 Å². The van der Waals surface area contributed by atoms with E-state index < -0.39 is 0 Å². The summed E-state index contributed by atoms with van der Waals surface area (Å²) < 4.78 is 0. The Balaban J connectivity index is 1.96. The molecule has 1 atom stereocenters. The summed E-state index contributed by atoms with van der Waals surface area (Å²) in [5.74, 6) is 0.132. The fraction of sp³-hybridized carbons (Fsp3) is 0.421. The van der Waals surface area contributed by atoms with Crippen LogP contribution in [-0.4, -0.2) is 37.0 Å². The first kappa shape index (κ1) is 16.5. The molecule has 0 spiro atoms. The molecule has 0 radical (unpaired) electrons. The van der Waals surface area contributed by atoms with Gasteiger partial charge in [-0.25, -0.2) is 0 Å². The van der Waals surface area contributed by atoms with Gasteiger partial charge in [0.25, 0.3) is 0 Å². The smallest absolute Gasteiger partial charge is 0.237 e. The van der Waals surface area contributed by atoms with E-state index in [1.807, 2.05) is 7.05 Å². The van der Waals surface area contributed by atoms with Crippen LogP contribution < -0.4 is 5.32 Å². The SMILES string of the molecule is CCC(C(=O)NCCc1cccc2ccccc12)N(C)CC. The van der Waals surface area contributed by atoms with Crippen molar-refractivity contribution in [1.82, 2.24) is 10.2 Å². The Morgan fingerprint density at radius 1 is 1.14 bits per heavy atom. The second-order valence-electron chi connectivity index (χ2n) is 5.68. The maximum atomic E-state index is 12.3. The lowest BCUT2D eigenvalue weighted by atomic mass is 10.0. The molecular formula is C19H26N2O. The quantitative estimate of drug-likeness (QED) is 0.851. The van der Waals surface area contributed by atoms with Crippen molar-refractivity contribution in [3.63, 3.8) is 0 Å². The zero-order valence-corrected chi connectivity index (χ0v) is 13.8. The molecule has 1 N–H and O–H groups in total. The van der Waals surface area contributed by atoms with E-state index in [2.05, 4.69) is 66.5 Å². The Morgan fingerprint density at radius 2 is 1.86 bits per heavy atom. The molecule has 0 heterocycles. The number of carbonyl (C=O) groups excluding carboxylic acids is 1. The van der Waals surface area contributed by atoms with Crippen LogP contribution in [0.4, 0.5) is 0 Å². The number of rotatable bonds is 7. The van der Waals surface area contributed by atoms with Crippen LogP contribution in [0.1, 0.15) is 25.8 Å². The predicted molar refractivity (Wildman–Crippen MR) is 93.0 cm³/mol. The molecule has 0 saturated heterocycles. The fourth-order valence-electron chi connectivity index (χ4n) is 2.87. The van der Waals surface area contributed by atoms with Gasteiger partial charge in [-0.05, 0) is 42.8 Å². The van der Waals surface area contributed by atoms with Crippen molar-refractivity contribution in [2.24, 2.45) is 0 Å². The molecule has 1 unspecified atom stereocenters. The van der Waals surface area contributed by atoms with Gasteiger partial charge >= 0.3 is 0 Å². The summed E-state index contributed by atoms with van der Waals surface area (Å²) in [4.78, 5) is 14.4. The molecule has 0 aliphatic rings. The van der Waals surface area contributed by atoms with Crippen LogP contribution in [0.5, 0.6) is 0 Å². The van der Waals surface area contributed by atoms with Gasteiger partial charge in [-0.15, -0.1) is 0 Å². The Labute approximate surface area is 133 Å². The first-order valence-electron chi connectivity index (χ1n) is 8.12. The van der Waals surface area contributed by atoms with Gasteiger partial charge in [-0.2, -0.15) is 0 Å². The minimum atomic E-state index is -0.0301. The molecule has 0 bridgehead atoms. The molecule has 2 aromatic carbocycles. The molecule has 0 saturated carbocycles. The van der Waals surface area contributed by atoms with Gasteiger partial charge in [0.05, 0.1) is 6.04 Å². The van der Waals surface area contributed by atoms with Crippen LogP contribution in [0.3, 0.4) is 0 Å². The molecule has 118 valence electrons. The number of likely N-dealkylation sites (N-methyl/N-ethyl adjacent to an activating group) is 1. The van der Waals surface area contributed by atoms with Crippen LogP contribution >= 0.6 is 0 Å². The highest BCUT2D eigenvalue weighted by molar-refractivity contribution is 5.86. The monoisotopic (exact) mass is 298 g/mol. The van der Waals surface area contributed by atoms with E-state index in [-0.39, 0.29) is 11.9 Å². The second-order valence-corrected chi connectivity index (χ2v) is 5.68. The van der Waals surface area contributed by atoms with Gasteiger partial charge in [0, 0.05) is 6.54 Å². The van der Waals surface area contributed by atoms with Crippen molar-refractivity contribution in [3.8, 4) is 0 Å². The summed E-state index contributed by atoms with van der Waals surface area (Å²) in [5, 5.41) is 5.61. The largest absolute Gasteiger partial charge is 0.354 e. The predicted octanol–water partition coefficient (Wildman–Crippen LogP) is 3.23. The highest BCUT2D eigenvalue weighted by Gasteiger charge is 2.19. The lowest BCUT2D eigenvalue weighted by Crippen LogP contribution is -2.45. The molecule has 0 fully saturated rings. The van der Waals surface area contributed by atoms with E-state index in [9.17, 15) is 4.79 Å². The summed E-state index contributed by atoms with van der Waals surface area (Å²) in [5.41, 5.74) is 1.29. The molecule has 0 aromatic heterocycles. The zero-order valence-electron chi connectivity index (χ0n) is 13.8. The van der Waals surface area contributed by atoms with Crippen molar-refractivity contribution < 1.29 is 4.79 Å². The van der Waals surface area contributed by atoms with Gasteiger partial charge in [0.15, 0.2) is 0 Å². The summed E-state index contributed by atoms with van der Waals surface area (Å²) >= 11 is 0. The van der Waals surface area contributed by atoms with Crippen LogP contribution in [0, 0.1) is 0 Å². The summed E-state index contributed by atoms with van der Waals surface area (Å²) in [7, 11) is 2.00. The van der Waals surface area contributed by atoms with Crippen molar-refractivity contribution in [3.05, 3.63) is 48.0 Å². The number of hydrogen-bond donors (Lipinski definition) is 1. The van der Waals surface area contributed by atoms with E-state index in [0.29, 0.717) is 6.54 Å². The third-order valence-corrected chi connectivity index (χ3v) is 4.29. The Hall–Kier alpha value is -1.87. The van der Waals surface area contributed by atoms with E-state index >= 15 is 0 Å². The molecule has 2 rings (SSSR count). The van der Waals surface area contributed by atoms with Crippen molar-refractivity contribution >= 4 is 16.7 Å². The van der Waals surface area contributed by atoms with Crippen molar-refractivity contribution in [2.45, 2.75) is 32.7 Å². The average Bonchev–Trinajstić information content (AvgIpc) is 2.55. The number of fused-ring (bicyclic) bond motifs is 1. The molecule has 0 aliphatic carbocycles. The fourth-order valence-corrected chi connectivity index (χ4v) is 2.87. The van der Waals surface area contributed by atoms with Crippen molar-refractivity contribution in [2.75, 3.05) is 20.1 Å². The standard InChI is InChI=1S/C19H26N2O/c1-4-18(21(3)5-2)19(22)20-14-13-16-11-8-10-15-9-6-7-12-17(15)16/h6-12,18H,4-5,13-14H2,1-3H3,(H,20,22). The number of hydrogen-bond acceptors (Lipinski definition) is 2. The Morgan fingerprint density at radius 3 is 2.59 bits per heavy atom. The molecular weight excluding hydrogens is 272 g/mol. The first-order chi connectivity index (χ1) is 10.7. The first-order valence-corrected chi connectivity index (χ1v) is 8.12. The van der Waals surface area contributed by atoms with Crippen molar-refractivity contribution in [1.29, 1.82) is 0 Å². The van der Waals surface area contributed by atoms with Crippen LogP contribution in [-0.2, 0) is 11.2 Å². The molecule has 0 aliphatic heterocycles. The number of nitrogens with one attached hydrogen (secondary N) is 1.